The molecule has 1 fully saturated rings. The SMILES string of the molecule is Cc1c(OCc2cnco2)ccc2c1CCN(C[C@@H](O)CNC(=O)c1ccnc(NC3CC(CO)C3)c1)C2. The zero-order chi connectivity index (χ0) is 26.5. The number of aliphatic hydroxyl groups is 2. The van der Waals surface area contributed by atoms with Crippen molar-refractivity contribution in [2.75, 3.05) is 31.6 Å². The predicted molar refractivity (Wildman–Crippen MR) is 141 cm³/mol. The van der Waals surface area contributed by atoms with Gasteiger partial charge in [-0.1, -0.05) is 6.07 Å². The molecule has 202 valence electrons. The number of carbonyl (C=O) groups excluding carboxylic acids is 1. The highest BCUT2D eigenvalue weighted by Gasteiger charge is 2.28. The lowest BCUT2D eigenvalue weighted by Gasteiger charge is -2.34. The smallest absolute Gasteiger partial charge is 0.251 e. The standard InChI is InChI=1S/C28H35N5O5/c1-18-25-5-7-33(13-21(25)2-3-26(18)37-16-24-12-29-17-38-24)14-23(35)11-31-28(36)20-4-6-30-27(10-20)32-22-8-19(9-22)15-34/h2-4,6,10,12,17,19,22-23,34-35H,5,7-9,11,13-16H2,1H3,(H,30,32)(H,31,36)/t19?,22?,23-/m0/s1. The molecular weight excluding hydrogens is 486 g/mol. The van der Waals surface area contributed by atoms with Gasteiger partial charge in [-0.25, -0.2) is 9.97 Å². The highest BCUT2D eigenvalue weighted by atomic mass is 16.5. The molecule has 1 saturated carbocycles. The molecule has 1 aliphatic carbocycles. The Hall–Kier alpha value is -3.47. The lowest BCUT2D eigenvalue weighted by molar-refractivity contribution is 0.0841. The Morgan fingerprint density at radius 2 is 2.18 bits per heavy atom. The number of fused-ring (bicyclic) bond motifs is 1. The summed E-state index contributed by atoms with van der Waals surface area (Å²) < 4.78 is 11.2. The van der Waals surface area contributed by atoms with Crippen molar-refractivity contribution in [3.63, 3.8) is 0 Å². The number of nitrogens with one attached hydrogen (secondary N) is 2. The van der Waals surface area contributed by atoms with E-state index in [1.54, 1.807) is 24.5 Å². The number of anilines is 1. The van der Waals surface area contributed by atoms with Gasteiger partial charge in [-0.2, -0.15) is 0 Å². The lowest BCUT2D eigenvalue weighted by atomic mass is 9.81. The third kappa shape index (κ3) is 6.32. The van der Waals surface area contributed by atoms with E-state index in [2.05, 4.69) is 38.5 Å². The molecule has 0 unspecified atom stereocenters. The zero-order valence-corrected chi connectivity index (χ0v) is 21.6. The normalized spacial score (nSPS) is 19.8. The second kappa shape index (κ2) is 11.9. The molecule has 4 N–H and O–H groups in total. The van der Waals surface area contributed by atoms with Gasteiger partial charge in [0.2, 0.25) is 0 Å². The molecular formula is C28H35N5O5. The first-order chi connectivity index (χ1) is 18.5. The Balaban J connectivity index is 1.08. The molecule has 10 nitrogen and oxygen atoms in total. The number of hydrogen-bond acceptors (Lipinski definition) is 9. The van der Waals surface area contributed by atoms with Crippen LogP contribution in [-0.4, -0.2) is 69.4 Å². The summed E-state index contributed by atoms with van der Waals surface area (Å²) >= 11 is 0. The molecule has 3 aromatic rings. The van der Waals surface area contributed by atoms with E-state index in [0.717, 1.165) is 43.7 Å². The third-order valence-corrected chi connectivity index (χ3v) is 7.41. The highest BCUT2D eigenvalue weighted by Crippen LogP contribution is 2.30. The van der Waals surface area contributed by atoms with E-state index in [0.29, 0.717) is 36.2 Å². The molecule has 0 saturated heterocycles. The molecule has 38 heavy (non-hydrogen) atoms. The Morgan fingerprint density at radius 1 is 1.32 bits per heavy atom. The maximum absolute atomic E-state index is 12.7. The summed E-state index contributed by atoms with van der Waals surface area (Å²) in [5.74, 6) is 2.27. The van der Waals surface area contributed by atoms with E-state index in [4.69, 9.17) is 9.15 Å². The van der Waals surface area contributed by atoms with Gasteiger partial charge in [0.25, 0.3) is 5.91 Å². The van der Waals surface area contributed by atoms with Crippen LogP contribution in [-0.2, 0) is 19.6 Å². The van der Waals surface area contributed by atoms with Crippen LogP contribution in [0.3, 0.4) is 0 Å². The minimum Gasteiger partial charge on any atom is -0.485 e. The Morgan fingerprint density at radius 3 is 2.97 bits per heavy atom. The molecule has 10 heteroatoms. The van der Waals surface area contributed by atoms with Gasteiger partial charge < -0.3 is 30.0 Å². The fourth-order valence-electron chi connectivity index (χ4n) is 5.19. The van der Waals surface area contributed by atoms with Gasteiger partial charge in [-0.3, -0.25) is 9.69 Å². The van der Waals surface area contributed by atoms with Crippen LogP contribution in [0.4, 0.5) is 5.82 Å². The molecule has 2 aromatic heterocycles. The van der Waals surface area contributed by atoms with Crippen molar-refractivity contribution in [3.8, 4) is 5.75 Å². The predicted octanol–water partition coefficient (Wildman–Crippen LogP) is 2.29. The Labute approximate surface area is 222 Å². The van der Waals surface area contributed by atoms with E-state index < -0.39 is 6.10 Å². The number of ether oxygens (including phenoxy) is 1. The maximum Gasteiger partial charge on any atom is 0.251 e. The van der Waals surface area contributed by atoms with Gasteiger partial charge >= 0.3 is 0 Å². The largest absolute Gasteiger partial charge is 0.485 e. The molecule has 1 aromatic carbocycles. The molecule has 0 bridgehead atoms. The van der Waals surface area contributed by atoms with Gasteiger partial charge in [0, 0.05) is 50.6 Å². The number of carbonyl (C=O) groups is 1. The summed E-state index contributed by atoms with van der Waals surface area (Å²) in [6.07, 6.45) is 6.64. The quantitative estimate of drug-likeness (QED) is 0.300. The first-order valence-corrected chi connectivity index (χ1v) is 13.1. The molecule has 1 aliphatic heterocycles. The van der Waals surface area contributed by atoms with Crippen LogP contribution < -0.4 is 15.4 Å². The van der Waals surface area contributed by atoms with Crippen LogP contribution >= 0.6 is 0 Å². The fourth-order valence-corrected chi connectivity index (χ4v) is 5.19. The average Bonchev–Trinajstić information content (AvgIpc) is 3.42. The molecule has 1 amide bonds. The monoisotopic (exact) mass is 521 g/mol. The first-order valence-electron chi connectivity index (χ1n) is 13.1. The van der Waals surface area contributed by atoms with Crippen molar-refractivity contribution in [2.24, 2.45) is 5.92 Å². The number of aromatic nitrogens is 2. The van der Waals surface area contributed by atoms with Crippen molar-refractivity contribution in [2.45, 2.75) is 51.5 Å². The minimum absolute atomic E-state index is 0.168. The van der Waals surface area contributed by atoms with Gasteiger partial charge in [0.15, 0.2) is 12.2 Å². The van der Waals surface area contributed by atoms with E-state index >= 15 is 0 Å². The van der Waals surface area contributed by atoms with E-state index in [1.807, 2.05) is 6.07 Å². The van der Waals surface area contributed by atoms with Crippen molar-refractivity contribution < 1.29 is 24.2 Å². The van der Waals surface area contributed by atoms with Crippen LogP contribution in [0, 0.1) is 12.8 Å². The Kier molecular flexibility index (Phi) is 8.21. The maximum atomic E-state index is 12.7. The molecule has 5 rings (SSSR count). The van der Waals surface area contributed by atoms with Crippen LogP contribution in [0.1, 0.15) is 45.7 Å². The second-order valence-corrected chi connectivity index (χ2v) is 10.2. The Bertz CT molecular complexity index is 1230. The van der Waals surface area contributed by atoms with Crippen LogP contribution in [0.25, 0.3) is 0 Å². The molecule has 3 heterocycles. The number of oxazole rings is 1. The first kappa shape index (κ1) is 26.1. The van der Waals surface area contributed by atoms with Crippen LogP contribution in [0.15, 0.2) is 47.5 Å². The number of rotatable bonds is 11. The van der Waals surface area contributed by atoms with Crippen LogP contribution in [0.2, 0.25) is 0 Å². The third-order valence-electron chi connectivity index (χ3n) is 7.41. The van der Waals surface area contributed by atoms with Crippen molar-refractivity contribution in [3.05, 3.63) is 71.1 Å². The number of β-amino-alcohol motifs (C(OH)–C–C–N with tert-alkyl or cyclic N) is 1. The average molecular weight is 522 g/mol. The summed E-state index contributed by atoms with van der Waals surface area (Å²) in [6, 6.07) is 7.73. The minimum atomic E-state index is -0.684. The number of hydrogen-bond donors (Lipinski definition) is 4. The summed E-state index contributed by atoms with van der Waals surface area (Å²) in [5.41, 5.74) is 4.14. The molecule has 0 spiro atoms. The fraction of sp³-hybridized carbons (Fsp3) is 0.464. The van der Waals surface area contributed by atoms with Gasteiger partial charge in [0.05, 0.1) is 12.3 Å². The lowest BCUT2D eigenvalue weighted by Crippen LogP contribution is -2.42. The van der Waals surface area contributed by atoms with Crippen molar-refractivity contribution >= 4 is 11.7 Å². The number of amides is 1. The number of nitrogens with zero attached hydrogens (tertiary/aromatic N) is 3. The summed E-state index contributed by atoms with van der Waals surface area (Å²) in [5, 5.41) is 26.0. The number of aliphatic hydroxyl groups excluding tert-OH is 2. The number of pyridine rings is 1. The van der Waals surface area contributed by atoms with Gasteiger partial charge in [0.1, 0.15) is 18.2 Å². The van der Waals surface area contributed by atoms with Crippen molar-refractivity contribution in [1.82, 2.24) is 20.2 Å². The van der Waals surface area contributed by atoms with Crippen LogP contribution in [0.5, 0.6) is 5.75 Å². The zero-order valence-electron chi connectivity index (χ0n) is 21.6. The highest BCUT2D eigenvalue weighted by molar-refractivity contribution is 5.94. The van der Waals surface area contributed by atoms with Crippen molar-refractivity contribution in [1.29, 1.82) is 0 Å². The van der Waals surface area contributed by atoms with Gasteiger partial charge in [-0.15, -0.1) is 0 Å². The summed E-state index contributed by atoms with van der Waals surface area (Å²) in [6.45, 7) is 4.82. The summed E-state index contributed by atoms with van der Waals surface area (Å²) in [4.78, 5) is 23.1. The van der Waals surface area contributed by atoms with E-state index in [-0.39, 0.29) is 25.1 Å². The molecule has 2 aliphatic rings. The second-order valence-electron chi connectivity index (χ2n) is 10.2. The van der Waals surface area contributed by atoms with Gasteiger partial charge in [-0.05, 0) is 67.0 Å². The number of benzene rings is 1. The molecule has 0 radical (unpaired) electrons. The van der Waals surface area contributed by atoms with E-state index in [9.17, 15) is 15.0 Å². The topological polar surface area (TPSA) is 133 Å². The van der Waals surface area contributed by atoms with E-state index in [1.165, 1.54) is 17.5 Å². The molecule has 1 atom stereocenters. The summed E-state index contributed by atoms with van der Waals surface area (Å²) in [7, 11) is 0.